The van der Waals surface area contributed by atoms with E-state index in [9.17, 15) is 4.79 Å². The molecule has 0 radical (unpaired) electrons. The molecule has 0 aliphatic rings. The maximum atomic E-state index is 11.5. The molecule has 0 aliphatic heterocycles. The topological polar surface area (TPSA) is 53.8 Å². The van der Waals surface area contributed by atoms with Gasteiger partial charge in [-0.15, -0.1) is 0 Å². The lowest BCUT2D eigenvalue weighted by molar-refractivity contribution is 0.0963. The van der Waals surface area contributed by atoms with Gasteiger partial charge in [0, 0.05) is 12.6 Å². The largest absolute Gasteiger partial charge is 0.355 e. The third kappa shape index (κ3) is 3.01. The van der Waals surface area contributed by atoms with Gasteiger partial charge in [-0.05, 0) is 30.3 Å². The monoisotopic (exact) mass is 239 g/mol. The van der Waals surface area contributed by atoms with Crippen molar-refractivity contribution in [1.82, 2.24) is 5.32 Å². The second-order valence-corrected chi connectivity index (χ2v) is 3.67. The summed E-state index contributed by atoms with van der Waals surface area (Å²) in [4.78, 5) is 11.5. The minimum absolute atomic E-state index is 0.133. The van der Waals surface area contributed by atoms with Gasteiger partial charge in [-0.25, -0.2) is 0 Å². The second kappa shape index (κ2) is 5.72. The molecule has 2 rings (SSSR count). The molecule has 1 amide bonds. The number of azo groups is 1. The highest BCUT2D eigenvalue weighted by atomic mass is 16.1. The van der Waals surface area contributed by atoms with Crippen LogP contribution in [-0.4, -0.2) is 13.0 Å². The smallest absolute Gasteiger partial charge is 0.251 e. The Hall–Kier alpha value is -2.49. The number of nitrogens with one attached hydrogen (secondary N) is 1. The van der Waals surface area contributed by atoms with Crippen LogP contribution < -0.4 is 5.32 Å². The van der Waals surface area contributed by atoms with Crippen LogP contribution in [0.3, 0.4) is 0 Å². The average molecular weight is 239 g/mol. The number of rotatable bonds is 3. The highest BCUT2D eigenvalue weighted by Gasteiger charge is 2.02. The molecule has 18 heavy (non-hydrogen) atoms. The molecule has 0 aliphatic carbocycles. The molecule has 0 saturated heterocycles. The predicted molar refractivity (Wildman–Crippen MR) is 70.5 cm³/mol. The molecule has 90 valence electrons. The summed E-state index contributed by atoms with van der Waals surface area (Å²) in [6.07, 6.45) is 0. The summed E-state index contributed by atoms with van der Waals surface area (Å²) >= 11 is 0. The molecule has 0 bridgehead atoms. The zero-order valence-corrected chi connectivity index (χ0v) is 10.00. The Balaban J connectivity index is 2.20. The maximum Gasteiger partial charge on any atom is 0.251 e. The van der Waals surface area contributed by atoms with Gasteiger partial charge in [0.25, 0.3) is 5.91 Å². The predicted octanol–water partition coefficient (Wildman–Crippen LogP) is 3.46. The van der Waals surface area contributed by atoms with Crippen LogP contribution in [0.15, 0.2) is 64.8 Å². The number of hydrogen-bond donors (Lipinski definition) is 1. The maximum absolute atomic E-state index is 11.5. The summed E-state index contributed by atoms with van der Waals surface area (Å²) in [6.45, 7) is 0. The van der Waals surface area contributed by atoms with Crippen molar-refractivity contribution in [3.63, 3.8) is 0 Å². The third-order valence-corrected chi connectivity index (χ3v) is 2.37. The quantitative estimate of drug-likeness (QED) is 0.819. The summed E-state index contributed by atoms with van der Waals surface area (Å²) in [7, 11) is 1.60. The van der Waals surface area contributed by atoms with Gasteiger partial charge in [-0.3, -0.25) is 4.79 Å². The van der Waals surface area contributed by atoms with Gasteiger partial charge < -0.3 is 5.32 Å². The fourth-order valence-electron chi connectivity index (χ4n) is 1.46. The first kappa shape index (κ1) is 12.0. The van der Waals surface area contributed by atoms with Gasteiger partial charge >= 0.3 is 0 Å². The van der Waals surface area contributed by atoms with Crippen LogP contribution >= 0.6 is 0 Å². The molecule has 4 nitrogen and oxygen atoms in total. The molecule has 0 aromatic heterocycles. The van der Waals surface area contributed by atoms with Gasteiger partial charge in [-0.2, -0.15) is 10.2 Å². The molecular weight excluding hydrogens is 226 g/mol. The molecule has 0 fully saturated rings. The minimum Gasteiger partial charge on any atom is -0.355 e. The van der Waals surface area contributed by atoms with Crippen LogP contribution in [0.4, 0.5) is 11.4 Å². The standard InChI is InChI=1S/C14H13N3O/c1-15-14(18)11-6-5-9-13(10-11)17-16-12-7-3-2-4-8-12/h2-10H,1H3,(H,15,18). The third-order valence-electron chi connectivity index (χ3n) is 2.37. The minimum atomic E-state index is -0.133. The highest BCUT2D eigenvalue weighted by molar-refractivity contribution is 5.94. The molecule has 4 heteroatoms. The Kier molecular flexibility index (Phi) is 3.81. The summed E-state index contributed by atoms with van der Waals surface area (Å²) in [5.41, 5.74) is 2.00. The van der Waals surface area contributed by atoms with Gasteiger partial charge in [0.15, 0.2) is 0 Å². The van der Waals surface area contributed by atoms with E-state index in [2.05, 4.69) is 15.5 Å². The lowest BCUT2D eigenvalue weighted by Gasteiger charge is -1.99. The number of carbonyl (C=O) groups is 1. The Morgan fingerprint density at radius 1 is 0.944 bits per heavy atom. The molecule has 0 heterocycles. The molecule has 2 aromatic carbocycles. The van der Waals surface area contributed by atoms with E-state index in [0.29, 0.717) is 11.3 Å². The van der Waals surface area contributed by atoms with E-state index in [4.69, 9.17) is 0 Å². The van der Waals surface area contributed by atoms with Crippen LogP contribution in [0.25, 0.3) is 0 Å². The zero-order valence-electron chi connectivity index (χ0n) is 10.00. The van der Waals surface area contributed by atoms with Gasteiger partial charge in [-0.1, -0.05) is 24.3 Å². The number of carbonyl (C=O) groups excluding carboxylic acids is 1. The fourth-order valence-corrected chi connectivity index (χ4v) is 1.46. The molecule has 2 aromatic rings. The van der Waals surface area contributed by atoms with Crippen molar-refractivity contribution in [3.05, 3.63) is 60.2 Å². The van der Waals surface area contributed by atoms with E-state index in [1.807, 2.05) is 30.3 Å². The van der Waals surface area contributed by atoms with E-state index in [1.54, 1.807) is 31.3 Å². The van der Waals surface area contributed by atoms with Gasteiger partial charge in [0.05, 0.1) is 11.4 Å². The molecule has 0 unspecified atom stereocenters. The Morgan fingerprint density at radius 3 is 2.33 bits per heavy atom. The van der Waals surface area contributed by atoms with Crippen molar-refractivity contribution in [1.29, 1.82) is 0 Å². The van der Waals surface area contributed by atoms with E-state index >= 15 is 0 Å². The second-order valence-electron chi connectivity index (χ2n) is 3.67. The first-order chi connectivity index (χ1) is 8.79. The van der Waals surface area contributed by atoms with Gasteiger partial charge in [0.1, 0.15) is 0 Å². The van der Waals surface area contributed by atoms with Crippen LogP contribution in [0.5, 0.6) is 0 Å². The summed E-state index contributed by atoms with van der Waals surface area (Å²) in [6, 6.07) is 16.5. The lowest BCUT2D eigenvalue weighted by atomic mass is 10.2. The van der Waals surface area contributed by atoms with Crippen LogP contribution in [0.1, 0.15) is 10.4 Å². The van der Waals surface area contributed by atoms with Crippen molar-refractivity contribution in [2.24, 2.45) is 10.2 Å². The number of amides is 1. The van der Waals surface area contributed by atoms with Crippen LogP contribution in [-0.2, 0) is 0 Å². The Morgan fingerprint density at radius 2 is 1.61 bits per heavy atom. The molecule has 1 N–H and O–H groups in total. The molecule has 0 saturated carbocycles. The van der Waals surface area contributed by atoms with E-state index in [-0.39, 0.29) is 5.91 Å². The fraction of sp³-hybridized carbons (Fsp3) is 0.0714. The van der Waals surface area contributed by atoms with Crippen molar-refractivity contribution in [3.8, 4) is 0 Å². The Labute approximate surface area is 105 Å². The van der Waals surface area contributed by atoms with Crippen LogP contribution in [0.2, 0.25) is 0 Å². The molecular formula is C14H13N3O. The molecule has 0 spiro atoms. The number of benzene rings is 2. The van der Waals surface area contributed by atoms with Crippen molar-refractivity contribution in [2.75, 3.05) is 7.05 Å². The van der Waals surface area contributed by atoms with E-state index in [0.717, 1.165) is 5.69 Å². The van der Waals surface area contributed by atoms with Gasteiger partial charge in [0.2, 0.25) is 0 Å². The highest BCUT2D eigenvalue weighted by Crippen LogP contribution is 2.18. The van der Waals surface area contributed by atoms with Crippen molar-refractivity contribution >= 4 is 17.3 Å². The lowest BCUT2D eigenvalue weighted by Crippen LogP contribution is -2.17. The number of nitrogens with zero attached hydrogens (tertiary/aromatic N) is 2. The Bertz CT molecular complexity index is 564. The van der Waals surface area contributed by atoms with Crippen molar-refractivity contribution in [2.45, 2.75) is 0 Å². The summed E-state index contributed by atoms with van der Waals surface area (Å²) < 4.78 is 0. The van der Waals surface area contributed by atoms with E-state index in [1.165, 1.54) is 0 Å². The van der Waals surface area contributed by atoms with Crippen LogP contribution in [0, 0.1) is 0 Å². The normalized spacial score (nSPS) is 10.5. The number of hydrogen-bond acceptors (Lipinski definition) is 3. The zero-order chi connectivity index (χ0) is 12.8. The summed E-state index contributed by atoms with van der Waals surface area (Å²) in [5, 5.41) is 10.8. The first-order valence-corrected chi connectivity index (χ1v) is 5.58. The molecule has 0 atom stereocenters. The first-order valence-electron chi connectivity index (χ1n) is 5.58. The van der Waals surface area contributed by atoms with E-state index < -0.39 is 0 Å². The SMILES string of the molecule is CNC(=O)c1cccc(N=Nc2ccccc2)c1. The average Bonchev–Trinajstić information content (AvgIpc) is 2.45. The summed E-state index contributed by atoms with van der Waals surface area (Å²) in [5.74, 6) is -0.133. The van der Waals surface area contributed by atoms with Crippen molar-refractivity contribution < 1.29 is 4.79 Å².